The Kier molecular flexibility index (Phi) is 5.90. The normalized spacial score (nSPS) is 10.7. The van der Waals surface area contributed by atoms with Gasteiger partial charge in [-0.15, -0.1) is 5.10 Å². The lowest BCUT2D eigenvalue weighted by Crippen LogP contribution is -2.27. The SMILES string of the molecule is CCOc1ccccc1-n1nnnc1SCC(=O)N(C)Cc1ccco1. The van der Waals surface area contributed by atoms with Crippen LogP contribution in [0.3, 0.4) is 0 Å². The van der Waals surface area contributed by atoms with Crippen LogP contribution < -0.4 is 4.74 Å². The van der Waals surface area contributed by atoms with Crippen LogP contribution in [0.25, 0.3) is 5.69 Å². The third kappa shape index (κ3) is 4.23. The Balaban J connectivity index is 1.67. The van der Waals surface area contributed by atoms with E-state index in [1.165, 1.54) is 11.8 Å². The Morgan fingerprint density at radius 2 is 2.15 bits per heavy atom. The van der Waals surface area contributed by atoms with Gasteiger partial charge in [0.05, 0.1) is 25.2 Å². The third-order valence-corrected chi connectivity index (χ3v) is 4.46. The van der Waals surface area contributed by atoms with Gasteiger partial charge in [0.25, 0.3) is 0 Å². The predicted octanol–water partition coefficient (Wildman–Crippen LogP) is 2.40. The summed E-state index contributed by atoms with van der Waals surface area (Å²) in [5.41, 5.74) is 0.734. The molecule has 3 aromatic rings. The minimum absolute atomic E-state index is 0.0426. The second kappa shape index (κ2) is 8.52. The van der Waals surface area contributed by atoms with Gasteiger partial charge in [0.1, 0.15) is 17.2 Å². The van der Waals surface area contributed by atoms with Crippen LogP contribution in [0.15, 0.2) is 52.2 Å². The van der Waals surface area contributed by atoms with Gasteiger partial charge in [-0.3, -0.25) is 4.79 Å². The second-order valence-electron chi connectivity index (χ2n) is 5.39. The fourth-order valence-corrected chi connectivity index (χ4v) is 3.12. The number of tetrazole rings is 1. The van der Waals surface area contributed by atoms with Crippen molar-refractivity contribution in [2.45, 2.75) is 18.6 Å². The molecule has 2 aromatic heterocycles. The molecule has 0 aliphatic carbocycles. The Morgan fingerprint density at radius 3 is 2.92 bits per heavy atom. The molecule has 0 spiro atoms. The average molecular weight is 373 g/mol. The fraction of sp³-hybridized carbons (Fsp3) is 0.294. The van der Waals surface area contributed by atoms with Crippen molar-refractivity contribution in [2.75, 3.05) is 19.4 Å². The lowest BCUT2D eigenvalue weighted by molar-refractivity contribution is -0.127. The van der Waals surface area contributed by atoms with Crippen molar-refractivity contribution >= 4 is 17.7 Å². The van der Waals surface area contributed by atoms with Crippen molar-refractivity contribution in [3.8, 4) is 11.4 Å². The minimum Gasteiger partial charge on any atom is -0.492 e. The fourth-order valence-electron chi connectivity index (χ4n) is 2.29. The summed E-state index contributed by atoms with van der Waals surface area (Å²) < 4.78 is 12.5. The van der Waals surface area contributed by atoms with Crippen molar-refractivity contribution in [3.63, 3.8) is 0 Å². The molecule has 0 N–H and O–H groups in total. The van der Waals surface area contributed by atoms with E-state index in [-0.39, 0.29) is 11.7 Å². The zero-order chi connectivity index (χ0) is 18.4. The van der Waals surface area contributed by atoms with Crippen LogP contribution in [0.2, 0.25) is 0 Å². The van der Waals surface area contributed by atoms with Gasteiger partial charge in [-0.2, -0.15) is 4.68 Å². The maximum absolute atomic E-state index is 12.3. The van der Waals surface area contributed by atoms with Gasteiger partial charge in [0, 0.05) is 7.05 Å². The Labute approximate surface area is 155 Å². The highest BCUT2D eigenvalue weighted by Crippen LogP contribution is 2.26. The molecule has 2 heterocycles. The first kappa shape index (κ1) is 18.0. The first-order valence-electron chi connectivity index (χ1n) is 8.08. The Hall–Kier alpha value is -2.81. The Bertz CT molecular complexity index is 850. The number of nitrogens with zero attached hydrogens (tertiary/aromatic N) is 5. The molecule has 0 atom stereocenters. The van der Waals surface area contributed by atoms with Gasteiger partial charge >= 0.3 is 0 Å². The van der Waals surface area contributed by atoms with E-state index in [4.69, 9.17) is 9.15 Å². The highest BCUT2D eigenvalue weighted by Gasteiger charge is 2.17. The molecule has 0 saturated heterocycles. The molecular weight excluding hydrogens is 354 g/mol. The van der Waals surface area contributed by atoms with E-state index in [1.807, 2.05) is 37.3 Å². The van der Waals surface area contributed by atoms with E-state index in [0.29, 0.717) is 24.1 Å². The van der Waals surface area contributed by atoms with Crippen molar-refractivity contribution in [1.29, 1.82) is 0 Å². The summed E-state index contributed by atoms with van der Waals surface area (Å²) in [7, 11) is 1.73. The van der Waals surface area contributed by atoms with Gasteiger partial charge in [0.2, 0.25) is 11.1 Å². The van der Waals surface area contributed by atoms with Crippen LogP contribution >= 0.6 is 11.8 Å². The topological polar surface area (TPSA) is 86.3 Å². The van der Waals surface area contributed by atoms with Gasteiger partial charge < -0.3 is 14.1 Å². The number of ether oxygens (including phenoxy) is 1. The number of rotatable bonds is 8. The second-order valence-corrected chi connectivity index (χ2v) is 6.33. The third-order valence-electron chi connectivity index (χ3n) is 3.56. The molecule has 0 bridgehead atoms. The van der Waals surface area contributed by atoms with Gasteiger partial charge in [0.15, 0.2) is 0 Å². The van der Waals surface area contributed by atoms with Crippen LogP contribution in [0.4, 0.5) is 0 Å². The van der Waals surface area contributed by atoms with Crippen LogP contribution in [-0.2, 0) is 11.3 Å². The number of aromatic nitrogens is 4. The zero-order valence-electron chi connectivity index (χ0n) is 14.5. The number of amides is 1. The van der Waals surface area contributed by atoms with E-state index in [0.717, 1.165) is 11.4 Å². The lowest BCUT2D eigenvalue weighted by atomic mass is 10.3. The summed E-state index contributed by atoms with van der Waals surface area (Å²) in [4.78, 5) is 13.9. The number of para-hydroxylation sites is 2. The summed E-state index contributed by atoms with van der Waals surface area (Å²) in [5.74, 6) is 1.60. The summed E-state index contributed by atoms with van der Waals surface area (Å²) in [5, 5.41) is 12.3. The molecule has 3 rings (SSSR count). The molecule has 136 valence electrons. The van der Waals surface area contributed by atoms with Crippen LogP contribution in [0.5, 0.6) is 5.75 Å². The molecule has 0 unspecified atom stereocenters. The number of hydrogen-bond acceptors (Lipinski definition) is 7. The highest BCUT2D eigenvalue weighted by atomic mass is 32.2. The average Bonchev–Trinajstić information content (AvgIpc) is 3.32. The number of thioether (sulfide) groups is 1. The lowest BCUT2D eigenvalue weighted by Gasteiger charge is -2.15. The highest BCUT2D eigenvalue weighted by molar-refractivity contribution is 7.99. The summed E-state index contributed by atoms with van der Waals surface area (Å²) >= 11 is 1.27. The van der Waals surface area contributed by atoms with Crippen molar-refractivity contribution in [3.05, 3.63) is 48.4 Å². The van der Waals surface area contributed by atoms with Gasteiger partial charge in [-0.1, -0.05) is 23.9 Å². The van der Waals surface area contributed by atoms with Crippen molar-refractivity contribution < 1.29 is 13.9 Å². The van der Waals surface area contributed by atoms with E-state index in [1.54, 1.807) is 29.0 Å². The minimum atomic E-state index is -0.0426. The number of carbonyl (C=O) groups is 1. The first-order chi connectivity index (χ1) is 12.7. The van der Waals surface area contributed by atoms with E-state index in [9.17, 15) is 4.79 Å². The quantitative estimate of drug-likeness (QED) is 0.560. The van der Waals surface area contributed by atoms with Crippen LogP contribution in [0.1, 0.15) is 12.7 Å². The standard InChI is InChI=1S/C17H19N5O3S/c1-3-24-15-9-5-4-8-14(15)22-17(18-19-20-22)26-12-16(23)21(2)11-13-7-6-10-25-13/h4-10H,3,11-12H2,1-2H3. The number of hydrogen-bond donors (Lipinski definition) is 0. The van der Waals surface area contributed by atoms with E-state index < -0.39 is 0 Å². The van der Waals surface area contributed by atoms with Crippen LogP contribution in [0, 0.1) is 0 Å². The molecule has 0 aliphatic heterocycles. The van der Waals surface area contributed by atoms with Gasteiger partial charge in [-0.05, 0) is 41.6 Å². The molecule has 1 aromatic carbocycles. The molecule has 0 radical (unpaired) electrons. The number of furan rings is 1. The zero-order valence-corrected chi connectivity index (χ0v) is 15.3. The summed E-state index contributed by atoms with van der Waals surface area (Å²) in [6.07, 6.45) is 1.59. The number of carbonyl (C=O) groups excluding carboxylic acids is 1. The first-order valence-corrected chi connectivity index (χ1v) is 9.07. The smallest absolute Gasteiger partial charge is 0.233 e. The largest absolute Gasteiger partial charge is 0.492 e. The molecule has 1 amide bonds. The van der Waals surface area contributed by atoms with Gasteiger partial charge in [-0.25, -0.2) is 0 Å². The van der Waals surface area contributed by atoms with Crippen molar-refractivity contribution in [1.82, 2.24) is 25.1 Å². The maximum Gasteiger partial charge on any atom is 0.233 e. The number of benzene rings is 1. The molecule has 9 heteroatoms. The molecule has 0 aliphatic rings. The summed E-state index contributed by atoms with van der Waals surface area (Å²) in [6.45, 7) is 2.88. The molecule has 0 saturated carbocycles. The van der Waals surface area contributed by atoms with E-state index in [2.05, 4.69) is 15.5 Å². The Morgan fingerprint density at radius 1 is 1.31 bits per heavy atom. The van der Waals surface area contributed by atoms with Crippen LogP contribution in [-0.4, -0.2) is 50.4 Å². The predicted molar refractivity (Wildman–Crippen MR) is 96.2 cm³/mol. The summed E-state index contributed by atoms with van der Waals surface area (Å²) in [6, 6.07) is 11.1. The maximum atomic E-state index is 12.3. The molecule has 0 fully saturated rings. The molecule has 26 heavy (non-hydrogen) atoms. The van der Waals surface area contributed by atoms with Crippen molar-refractivity contribution in [2.24, 2.45) is 0 Å². The monoisotopic (exact) mass is 373 g/mol. The molecular formula is C17H19N5O3S. The van der Waals surface area contributed by atoms with E-state index >= 15 is 0 Å². The molecule has 8 nitrogen and oxygen atoms in total.